The van der Waals surface area contributed by atoms with Gasteiger partial charge in [-0.25, -0.2) is 4.39 Å². The van der Waals surface area contributed by atoms with Crippen LogP contribution in [0.1, 0.15) is 30.5 Å². The SMILES string of the molecule is N=C(N)c1ccc(N)c(-c2ccc(NCC3(c4ncccc4F)CCC3)nn2)c1. The summed E-state index contributed by atoms with van der Waals surface area (Å²) in [6, 6.07) is 11.8. The van der Waals surface area contributed by atoms with Gasteiger partial charge in [0.15, 0.2) is 0 Å². The number of anilines is 2. The summed E-state index contributed by atoms with van der Waals surface area (Å²) >= 11 is 0. The molecule has 1 aliphatic rings. The molecular weight excluding hydrogens is 369 g/mol. The van der Waals surface area contributed by atoms with Crippen molar-refractivity contribution in [2.75, 3.05) is 17.6 Å². The largest absolute Gasteiger partial charge is 0.398 e. The molecular formula is C21H22FN7. The Morgan fingerprint density at radius 1 is 1.17 bits per heavy atom. The van der Waals surface area contributed by atoms with Crippen molar-refractivity contribution >= 4 is 17.3 Å². The minimum absolute atomic E-state index is 0.0370. The third-order valence-corrected chi connectivity index (χ3v) is 5.48. The molecule has 1 fully saturated rings. The number of hydrogen-bond acceptors (Lipinski definition) is 6. The fourth-order valence-corrected chi connectivity index (χ4v) is 3.65. The van der Waals surface area contributed by atoms with Crippen LogP contribution in [0.5, 0.6) is 0 Å². The maximum Gasteiger partial charge on any atom is 0.148 e. The van der Waals surface area contributed by atoms with Crippen LogP contribution >= 0.6 is 0 Å². The summed E-state index contributed by atoms with van der Waals surface area (Å²) in [6.45, 7) is 0.539. The van der Waals surface area contributed by atoms with Crippen LogP contribution in [-0.2, 0) is 5.41 Å². The topological polar surface area (TPSA) is 127 Å². The Labute approximate surface area is 167 Å². The number of hydrogen-bond donors (Lipinski definition) is 4. The van der Waals surface area contributed by atoms with E-state index in [0.29, 0.717) is 40.6 Å². The lowest BCUT2D eigenvalue weighted by molar-refractivity contribution is 0.243. The third kappa shape index (κ3) is 3.61. The molecule has 6 N–H and O–H groups in total. The van der Waals surface area contributed by atoms with Crippen molar-refractivity contribution in [2.45, 2.75) is 24.7 Å². The summed E-state index contributed by atoms with van der Waals surface area (Å²) < 4.78 is 14.2. The number of halogens is 1. The highest BCUT2D eigenvalue weighted by Crippen LogP contribution is 2.43. The highest BCUT2D eigenvalue weighted by molar-refractivity contribution is 5.97. The predicted octanol–water partition coefficient (Wildman–Crippen LogP) is 3.08. The minimum atomic E-state index is -0.314. The van der Waals surface area contributed by atoms with Gasteiger partial charge in [0.05, 0.1) is 11.4 Å². The summed E-state index contributed by atoms with van der Waals surface area (Å²) in [5.41, 5.74) is 14.2. The minimum Gasteiger partial charge on any atom is -0.398 e. The average molecular weight is 391 g/mol. The van der Waals surface area contributed by atoms with Crippen molar-refractivity contribution < 1.29 is 4.39 Å². The maximum absolute atomic E-state index is 14.2. The highest BCUT2D eigenvalue weighted by atomic mass is 19.1. The lowest BCUT2D eigenvalue weighted by atomic mass is 9.66. The Kier molecular flexibility index (Phi) is 4.84. The summed E-state index contributed by atoms with van der Waals surface area (Å²) in [5, 5.41) is 19.3. The number of aromatic nitrogens is 3. The molecule has 0 amide bonds. The lowest BCUT2D eigenvalue weighted by Gasteiger charge is -2.41. The van der Waals surface area contributed by atoms with Crippen molar-refractivity contribution in [3.63, 3.8) is 0 Å². The first kappa shape index (κ1) is 18.8. The zero-order chi connectivity index (χ0) is 20.4. The van der Waals surface area contributed by atoms with Crippen molar-refractivity contribution in [1.82, 2.24) is 15.2 Å². The molecule has 0 atom stereocenters. The molecule has 1 aromatic carbocycles. The van der Waals surface area contributed by atoms with Gasteiger partial charge in [-0.05, 0) is 55.3 Å². The van der Waals surface area contributed by atoms with Crippen molar-refractivity contribution in [3.05, 3.63) is 65.7 Å². The van der Waals surface area contributed by atoms with Crippen molar-refractivity contribution in [2.24, 2.45) is 5.73 Å². The van der Waals surface area contributed by atoms with Gasteiger partial charge in [0, 0.05) is 35.0 Å². The number of nitrogen functional groups attached to an aromatic ring is 2. The molecule has 0 aliphatic heterocycles. The second kappa shape index (κ2) is 7.46. The van der Waals surface area contributed by atoms with Crippen LogP contribution in [0.3, 0.4) is 0 Å². The number of nitrogens with one attached hydrogen (secondary N) is 2. The second-order valence-corrected chi connectivity index (χ2v) is 7.34. The molecule has 8 heteroatoms. The Balaban J connectivity index is 1.51. The van der Waals surface area contributed by atoms with Gasteiger partial charge in [-0.2, -0.15) is 0 Å². The molecule has 29 heavy (non-hydrogen) atoms. The number of amidine groups is 1. The van der Waals surface area contributed by atoms with Gasteiger partial charge >= 0.3 is 0 Å². The molecule has 0 saturated heterocycles. The van der Waals surface area contributed by atoms with Crippen LogP contribution in [0, 0.1) is 11.2 Å². The zero-order valence-corrected chi connectivity index (χ0v) is 15.8. The Morgan fingerprint density at radius 3 is 2.62 bits per heavy atom. The van der Waals surface area contributed by atoms with E-state index in [1.54, 1.807) is 36.5 Å². The molecule has 1 aliphatic carbocycles. The molecule has 2 aromatic heterocycles. The van der Waals surface area contributed by atoms with E-state index in [2.05, 4.69) is 20.5 Å². The number of pyridine rings is 1. The highest BCUT2D eigenvalue weighted by Gasteiger charge is 2.41. The smallest absolute Gasteiger partial charge is 0.148 e. The first-order valence-corrected chi connectivity index (χ1v) is 9.41. The van der Waals surface area contributed by atoms with E-state index in [9.17, 15) is 4.39 Å². The van der Waals surface area contributed by atoms with Gasteiger partial charge in [0.1, 0.15) is 17.5 Å². The normalized spacial score (nSPS) is 14.8. The molecule has 0 bridgehead atoms. The summed E-state index contributed by atoms with van der Waals surface area (Å²) in [4.78, 5) is 4.28. The quantitative estimate of drug-likeness (QED) is 0.291. The Hall–Kier alpha value is -3.55. The van der Waals surface area contributed by atoms with Gasteiger partial charge in [0.2, 0.25) is 0 Å². The van der Waals surface area contributed by atoms with Crippen LogP contribution in [0.4, 0.5) is 15.9 Å². The maximum atomic E-state index is 14.2. The van der Waals surface area contributed by atoms with Crippen LogP contribution in [0.2, 0.25) is 0 Å². The third-order valence-electron chi connectivity index (χ3n) is 5.48. The van der Waals surface area contributed by atoms with Gasteiger partial charge in [-0.1, -0.05) is 6.42 Å². The Morgan fingerprint density at radius 2 is 2.00 bits per heavy atom. The van der Waals surface area contributed by atoms with Gasteiger partial charge in [0.25, 0.3) is 0 Å². The van der Waals surface area contributed by atoms with Crippen LogP contribution in [-0.4, -0.2) is 27.6 Å². The van der Waals surface area contributed by atoms with Crippen LogP contribution in [0.25, 0.3) is 11.3 Å². The summed E-state index contributed by atoms with van der Waals surface area (Å²) in [7, 11) is 0. The fraction of sp³-hybridized carbons (Fsp3) is 0.238. The molecule has 0 spiro atoms. The zero-order valence-electron chi connectivity index (χ0n) is 15.8. The van der Waals surface area contributed by atoms with E-state index in [0.717, 1.165) is 19.3 Å². The summed E-state index contributed by atoms with van der Waals surface area (Å²) in [6.07, 6.45) is 4.45. The lowest BCUT2D eigenvalue weighted by Crippen LogP contribution is -2.42. The van der Waals surface area contributed by atoms with E-state index in [1.807, 2.05) is 6.07 Å². The molecule has 0 radical (unpaired) electrons. The average Bonchev–Trinajstić information content (AvgIpc) is 2.69. The van der Waals surface area contributed by atoms with Crippen molar-refractivity contribution in [1.29, 1.82) is 5.41 Å². The first-order valence-electron chi connectivity index (χ1n) is 9.41. The predicted molar refractivity (Wildman–Crippen MR) is 111 cm³/mol. The van der Waals surface area contributed by atoms with E-state index in [4.69, 9.17) is 16.9 Å². The standard InChI is InChI=1S/C21H22FN7/c22-15-3-1-10-26-19(15)21(8-2-9-21)12-27-18-7-6-17(28-29-18)14-11-13(20(24)25)4-5-16(14)23/h1,3-7,10-11H,2,8-9,12,23H2,(H3,24,25)(H,27,29). The summed E-state index contributed by atoms with van der Waals surface area (Å²) in [5.74, 6) is 0.291. The van der Waals surface area contributed by atoms with E-state index in [-0.39, 0.29) is 17.1 Å². The van der Waals surface area contributed by atoms with Gasteiger partial charge in [-0.3, -0.25) is 10.4 Å². The number of rotatable bonds is 6. The van der Waals surface area contributed by atoms with Crippen LogP contribution < -0.4 is 16.8 Å². The van der Waals surface area contributed by atoms with E-state index >= 15 is 0 Å². The number of benzene rings is 1. The second-order valence-electron chi connectivity index (χ2n) is 7.34. The van der Waals surface area contributed by atoms with Crippen molar-refractivity contribution in [3.8, 4) is 11.3 Å². The number of nitrogens with zero attached hydrogens (tertiary/aromatic N) is 3. The molecule has 2 heterocycles. The van der Waals surface area contributed by atoms with Crippen LogP contribution in [0.15, 0.2) is 48.7 Å². The van der Waals surface area contributed by atoms with E-state index in [1.165, 1.54) is 6.07 Å². The molecule has 4 rings (SSSR count). The molecule has 148 valence electrons. The van der Waals surface area contributed by atoms with E-state index < -0.39 is 0 Å². The molecule has 0 unspecified atom stereocenters. The fourth-order valence-electron chi connectivity index (χ4n) is 3.65. The Bertz CT molecular complexity index is 1050. The first-order chi connectivity index (χ1) is 14.0. The molecule has 7 nitrogen and oxygen atoms in total. The van der Waals surface area contributed by atoms with Gasteiger partial charge < -0.3 is 16.8 Å². The number of nitrogens with two attached hydrogens (primary N) is 2. The molecule has 1 saturated carbocycles. The monoisotopic (exact) mass is 391 g/mol. The van der Waals surface area contributed by atoms with Gasteiger partial charge in [-0.15, -0.1) is 10.2 Å². The molecule has 3 aromatic rings.